The average molecular weight is 431 g/mol. The van der Waals surface area contributed by atoms with Crippen molar-refractivity contribution >= 4 is 0 Å². The highest BCUT2D eigenvalue weighted by Crippen LogP contribution is 2.46. The Balaban J connectivity index is 1.89. The molecule has 0 radical (unpaired) electrons. The number of benzene rings is 2. The molecule has 0 aliphatic carbocycles. The summed E-state index contributed by atoms with van der Waals surface area (Å²) >= 11 is 0. The first-order valence-electron chi connectivity index (χ1n) is 10.6. The van der Waals surface area contributed by atoms with E-state index in [9.17, 15) is 5.26 Å². The molecule has 0 unspecified atom stereocenters. The van der Waals surface area contributed by atoms with E-state index >= 15 is 0 Å². The normalized spacial score (nSPS) is 15.0. The Morgan fingerprint density at radius 2 is 1.75 bits per heavy atom. The van der Waals surface area contributed by atoms with Gasteiger partial charge in [0.15, 0.2) is 11.5 Å². The van der Waals surface area contributed by atoms with Crippen LogP contribution in [0.25, 0.3) is 5.69 Å². The number of fused-ring (bicyclic) bond motifs is 1. The minimum Gasteiger partial charge on any atom is -0.490 e. The van der Waals surface area contributed by atoms with Crippen molar-refractivity contribution in [3.05, 3.63) is 76.3 Å². The van der Waals surface area contributed by atoms with E-state index in [1.54, 1.807) is 4.68 Å². The summed E-state index contributed by atoms with van der Waals surface area (Å²) in [6, 6.07) is 15.9. The Bertz CT molecular complexity index is 1220. The molecule has 0 fully saturated rings. The Hall–Kier alpha value is -3.92. The molecule has 3 aromatic rings. The fourth-order valence-electron chi connectivity index (χ4n) is 3.96. The van der Waals surface area contributed by atoms with Crippen LogP contribution in [-0.2, 0) is 0 Å². The number of hydrogen-bond donors (Lipinski definition) is 1. The number of rotatable bonds is 6. The summed E-state index contributed by atoms with van der Waals surface area (Å²) in [4.78, 5) is 0. The van der Waals surface area contributed by atoms with Crippen molar-refractivity contribution in [3.8, 4) is 29.1 Å². The van der Waals surface area contributed by atoms with Gasteiger partial charge in [0.1, 0.15) is 11.6 Å². The SMILES string of the molecule is CCOc1ccc([C@H]2C(C#N)=C(N)Oc3c2c(C)nn3-c2ccc(C)cc2)cc1OCC. The molecule has 0 bridgehead atoms. The number of nitrogens with two attached hydrogens (primary N) is 1. The molecule has 2 N–H and O–H groups in total. The van der Waals surface area contributed by atoms with Gasteiger partial charge in [0.05, 0.1) is 36.1 Å². The van der Waals surface area contributed by atoms with Crippen molar-refractivity contribution in [2.45, 2.75) is 33.6 Å². The molecule has 4 rings (SSSR count). The first-order chi connectivity index (χ1) is 15.5. The van der Waals surface area contributed by atoms with Gasteiger partial charge in [-0.15, -0.1) is 0 Å². The summed E-state index contributed by atoms with van der Waals surface area (Å²) in [6.45, 7) is 8.81. The second-order valence-corrected chi connectivity index (χ2v) is 7.55. The number of hydrogen-bond acceptors (Lipinski definition) is 6. The second kappa shape index (κ2) is 8.67. The minimum atomic E-state index is -0.433. The summed E-state index contributed by atoms with van der Waals surface area (Å²) in [5, 5.41) is 14.6. The van der Waals surface area contributed by atoms with E-state index in [0.29, 0.717) is 36.2 Å². The Morgan fingerprint density at radius 1 is 1.06 bits per heavy atom. The first-order valence-corrected chi connectivity index (χ1v) is 10.6. The lowest BCUT2D eigenvalue weighted by molar-refractivity contribution is 0.287. The molecule has 1 atom stereocenters. The van der Waals surface area contributed by atoms with E-state index in [1.165, 1.54) is 0 Å². The van der Waals surface area contributed by atoms with Crippen LogP contribution in [0.15, 0.2) is 53.9 Å². The predicted molar refractivity (Wildman–Crippen MR) is 121 cm³/mol. The van der Waals surface area contributed by atoms with E-state index < -0.39 is 5.92 Å². The van der Waals surface area contributed by atoms with Crippen LogP contribution in [0.3, 0.4) is 0 Å². The van der Waals surface area contributed by atoms with Crippen molar-refractivity contribution < 1.29 is 14.2 Å². The van der Waals surface area contributed by atoms with Crippen molar-refractivity contribution in [2.75, 3.05) is 13.2 Å². The number of allylic oxidation sites excluding steroid dienone is 1. The molecule has 7 nitrogen and oxygen atoms in total. The summed E-state index contributed by atoms with van der Waals surface area (Å²) in [6.07, 6.45) is 0. The number of aryl methyl sites for hydroxylation is 2. The summed E-state index contributed by atoms with van der Waals surface area (Å²) in [5.41, 5.74) is 11.0. The second-order valence-electron chi connectivity index (χ2n) is 7.55. The van der Waals surface area contributed by atoms with Crippen molar-refractivity contribution in [3.63, 3.8) is 0 Å². The molecular formula is C25H26N4O3. The van der Waals surface area contributed by atoms with Crippen LogP contribution in [0.1, 0.15) is 42.1 Å². The van der Waals surface area contributed by atoms with Crippen molar-refractivity contribution in [1.29, 1.82) is 5.26 Å². The van der Waals surface area contributed by atoms with Gasteiger partial charge in [0, 0.05) is 0 Å². The third-order valence-electron chi connectivity index (χ3n) is 5.41. The van der Waals surface area contributed by atoms with Crippen LogP contribution in [-0.4, -0.2) is 23.0 Å². The number of aromatic nitrogens is 2. The highest BCUT2D eigenvalue weighted by atomic mass is 16.5. The number of nitriles is 1. The maximum Gasteiger partial charge on any atom is 0.229 e. The monoisotopic (exact) mass is 430 g/mol. The molecule has 1 aliphatic rings. The molecular weight excluding hydrogens is 404 g/mol. The van der Waals surface area contributed by atoms with Crippen LogP contribution in [0.2, 0.25) is 0 Å². The standard InChI is InChI=1S/C25H26N4O3/c1-5-30-20-12-9-17(13-21(20)31-6-2)23-19(14-26)24(27)32-25-22(23)16(4)28-29(25)18-10-7-15(3)8-11-18/h7-13,23H,5-6,27H2,1-4H3/t23-/m0/s1. The molecule has 2 aromatic carbocycles. The van der Waals surface area contributed by atoms with Gasteiger partial charge in [-0.25, -0.2) is 4.68 Å². The molecule has 7 heteroatoms. The molecule has 32 heavy (non-hydrogen) atoms. The summed E-state index contributed by atoms with van der Waals surface area (Å²) in [5.74, 6) is 1.44. The van der Waals surface area contributed by atoms with E-state index in [1.807, 2.05) is 70.2 Å². The molecule has 0 spiro atoms. The minimum absolute atomic E-state index is 0.0742. The van der Waals surface area contributed by atoms with Gasteiger partial charge in [-0.05, 0) is 57.5 Å². The summed E-state index contributed by atoms with van der Waals surface area (Å²) in [7, 11) is 0. The molecule has 0 amide bonds. The van der Waals surface area contributed by atoms with Crippen molar-refractivity contribution in [2.24, 2.45) is 5.73 Å². The van der Waals surface area contributed by atoms with Gasteiger partial charge in [-0.2, -0.15) is 10.4 Å². The molecule has 2 heterocycles. The van der Waals surface area contributed by atoms with Gasteiger partial charge in [-0.3, -0.25) is 0 Å². The van der Waals surface area contributed by atoms with Gasteiger partial charge in [0.2, 0.25) is 11.8 Å². The van der Waals surface area contributed by atoms with Crippen molar-refractivity contribution in [1.82, 2.24) is 9.78 Å². The lowest BCUT2D eigenvalue weighted by Crippen LogP contribution is -2.22. The topological polar surface area (TPSA) is 95.3 Å². The molecule has 0 saturated heterocycles. The zero-order chi connectivity index (χ0) is 22.8. The smallest absolute Gasteiger partial charge is 0.229 e. The zero-order valence-corrected chi connectivity index (χ0v) is 18.7. The molecule has 1 aromatic heterocycles. The first kappa shape index (κ1) is 21.3. The van der Waals surface area contributed by atoms with Gasteiger partial charge < -0.3 is 19.9 Å². The predicted octanol–water partition coefficient (Wildman–Crippen LogP) is 4.50. The van der Waals surface area contributed by atoms with E-state index in [2.05, 4.69) is 6.07 Å². The van der Waals surface area contributed by atoms with E-state index in [-0.39, 0.29) is 5.88 Å². The molecule has 1 aliphatic heterocycles. The lowest BCUT2D eigenvalue weighted by Gasteiger charge is -2.25. The Morgan fingerprint density at radius 3 is 2.41 bits per heavy atom. The van der Waals surface area contributed by atoms with Crippen LogP contribution < -0.4 is 19.9 Å². The van der Waals surface area contributed by atoms with Crippen LogP contribution in [0, 0.1) is 25.2 Å². The zero-order valence-electron chi connectivity index (χ0n) is 18.7. The van der Waals surface area contributed by atoms with E-state index in [0.717, 1.165) is 28.1 Å². The fourth-order valence-corrected chi connectivity index (χ4v) is 3.96. The maximum atomic E-state index is 9.92. The third-order valence-corrected chi connectivity index (χ3v) is 5.41. The van der Waals surface area contributed by atoms with Crippen LogP contribution >= 0.6 is 0 Å². The number of nitrogens with zero attached hydrogens (tertiary/aromatic N) is 3. The van der Waals surface area contributed by atoms with Gasteiger partial charge >= 0.3 is 0 Å². The number of ether oxygens (including phenoxy) is 3. The molecule has 0 saturated carbocycles. The fraction of sp³-hybridized carbons (Fsp3) is 0.280. The lowest BCUT2D eigenvalue weighted by atomic mass is 9.84. The van der Waals surface area contributed by atoms with E-state index in [4.69, 9.17) is 25.0 Å². The third kappa shape index (κ3) is 3.65. The maximum absolute atomic E-state index is 9.92. The quantitative estimate of drug-likeness (QED) is 0.618. The Kier molecular flexibility index (Phi) is 5.78. The summed E-state index contributed by atoms with van der Waals surface area (Å²) < 4.78 is 19.2. The highest BCUT2D eigenvalue weighted by molar-refractivity contribution is 5.59. The Labute approximate surface area is 187 Å². The largest absolute Gasteiger partial charge is 0.490 e. The van der Waals surface area contributed by atoms with Crippen LogP contribution in [0.4, 0.5) is 0 Å². The van der Waals surface area contributed by atoms with Gasteiger partial charge in [0.25, 0.3) is 0 Å². The highest BCUT2D eigenvalue weighted by Gasteiger charge is 2.36. The van der Waals surface area contributed by atoms with Crippen LogP contribution in [0.5, 0.6) is 17.4 Å². The molecule has 164 valence electrons. The van der Waals surface area contributed by atoms with Gasteiger partial charge in [-0.1, -0.05) is 23.8 Å². The average Bonchev–Trinajstić information content (AvgIpc) is 3.10.